The van der Waals surface area contributed by atoms with Gasteiger partial charge in [-0.25, -0.2) is 0 Å². The van der Waals surface area contributed by atoms with E-state index in [0.717, 1.165) is 11.7 Å². The van der Waals surface area contributed by atoms with E-state index in [1.807, 2.05) is 0 Å². The van der Waals surface area contributed by atoms with Crippen molar-refractivity contribution < 1.29 is 0 Å². The number of thioether (sulfide) groups is 1. The first-order valence-electron chi connectivity index (χ1n) is 3.84. The zero-order valence-electron chi connectivity index (χ0n) is 5.94. The summed E-state index contributed by atoms with van der Waals surface area (Å²) in [6, 6.07) is 0. The van der Waals surface area contributed by atoms with Gasteiger partial charge in [0.05, 0.1) is 0 Å². The van der Waals surface area contributed by atoms with E-state index in [2.05, 4.69) is 18.7 Å². The third-order valence-corrected chi connectivity index (χ3v) is 2.99. The molecule has 0 atom stereocenters. The van der Waals surface area contributed by atoms with Crippen molar-refractivity contribution in [1.82, 2.24) is 0 Å². The van der Waals surface area contributed by atoms with Gasteiger partial charge < -0.3 is 0 Å². The average molecular weight is 143 g/mol. The number of hydrogen-bond acceptors (Lipinski definition) is 1. The van der Waals surface area contributed by atoms with Gasteiger partial charge >= 0.3 is 0 Å². The van der Waals surface area contributed by atoms with Crippen molar-refractivity contribution in [2.45, 2.75) is 37.4 Å². The quantitative estimate of drug-likeness (QED) is 0.533. The van der Waals surface area contributed by atoms with Crippen molar-refractivity contribution in [2.24, 2.45) is 0 Å². The largest absolute Gasteiger partial charge is 0.159 e. The van der Waals surface area contributed by atoms with Crippen LogP contribution < -0.4 is 0 Å². The van der Waals surface area contributed by atoms with E-state index >= 15 is 0 Å². The fourth-order valence-corrected chi connectivity index (χ4v) is 1.94. The van der Waals surface area contributed by atoms with Gasteiger partial charge in [0.2, 0.25) is 0 Å². The van der Waals surface area contributed by atoms with Gasteiger partial charge in [0.15, 0.2) is 0 Å². The van der Waals surface area contributed by atoms with E-state index in [1.165, 1.54) is 31.4 Å². The van der Waals surface area contributed by atoms with Gasteiger partial charge in [-0.1, -0.05) is 19.8 Å². The maximum atomic E-state index is 3.81. The van der Waals surface area contributed by atoms with Gasteiger partial charge in [-0.3, -0.25) is 0 Å². The third-order valence-electron chi connectivity index (χ3n) is 1.52. The van der Waals surface area contributed by atoms with Crippen molar-refractivity contribution in [3.8, 4) is 0 Å². The number of rotatable bonds is 5. The molecule has 0 aromatic rings. The monoisotopic (exact) mass is 143 g/mol. The molecule has 1 heteroatoms. The van der Waals surface area contributed by atoms with Crippen molar-refractivity contribution in [3.63, 3.8) is 0 Å². The first-order chi connectivity index (χ1) is 4.43. The Morgan fingerprint density at radius 1 is 1.33 bits per heavy atom. The molecule has 1 aliphatic rings. The van der Waals surface area contributed by atoms with E-state index < -0.39 is 0 Å². The molecular weight excluding hydrogens is 128 g/mol. The minimum Gasteiger partial charge on any atom is -0.159 e. The summed E-state index contributed by atoms with van der Waals surface area (Å²) in [6.07, 6.45) is 6.78. The molecule has 9 heavy (non-hydrogen) atoms. The van der Waals surface area contributed by atoms with Gasteiger partial charge in [-0.2, -0.15) is 11.8 Å². The summed E-state index contributed by atoms with van der Waals surface area (Å²) in [5.41, 5.74) is 0. The van der Waals surface area contributed by atoms with Crippen LogP contribution in [0.3, 0.4) is 0 Å². The zero-order chi connectivity index (χ0) is 6.53. The SMILES string of the molecule is [CH2]CCCCSC1CC1. The molecule has 1 fully saturated rings. The lowest BCUT2D eigenvalue weighted by Crippen LogP contribution is -1.80. The van der Waals surface area contributed by atoms with Crippen LogP contribution in [0.15, 0.2) is 0 Å². The predicted molar refractivity (Wildman–Crippen MR) is 44.7 cm³/mol. The lowest BCUT2D eigenvalue weighted by atomic mass is 10.3. The van der Waals surface area contributed by atoms with E-state index in [1.54, 1.807) is 0 Å². The van der Waals surface area contributed by atoms with Crippen LogP contribution in [0.2, 0.25) is 0 Å². The summed E-state index contributed by atoms with van der Waals surface area (Å²) in [5.74, 6) is 1.38. The van der Waals surface area contributed by atoms with Gasteiger partial charge in [0.25, 0.3) is 0 Å². The second kappa shape index (κ2) is 4.21. The molecule has 0 nitrogen and oxygen atoms in total. The molecule has 1 aliphatic carbocycles. The molecule has 0 spiro atoms. The average Bonchev–Trinajstić information content (AvgIpc) is 2.63. The van der Waals surface area contributed by atoms with Crippen LogP contribution in [0.5, 0.6) is 0 Å². The van der Waals surface area contributed by atoms with E-state index in [-0.39, 0.29) is 0 Å². The highest BCUT2D eigenvalue weighted by Crippen LogP contribution is 2.34. The highest BCUT2D eigenvalue weighted by molar-refractivity contribution is 8.00. The molecule has 0 unspecified atom stereocenters. The normalized spacial score (nSPS) is 18.3. The highest BCUT2D eigenvalue weighted by Gasteiger charge is 2.20. The van der Waals surface area contributed by atoms with Gasteiger partial charge in [-0.05, 0) is 25.0 Å². The summed E-state index contributed by atoms with van der Waals surface area (Å²) in [4.78, 5) is 0. The standard InChI is InChI=1S/C8H15S/c1-2-3-4-7-9-8-5-6-8/h8H,1-7H2. The van der Waals surface area contributed by atoms with Crippen molar-refractivity contribution in [1.29, 1.82) is 0 Å². The van der Waals surface area contributed by atoms with Crippen LogP contribution in [-0.2, 0) is 0 Å². The molecule has 0 N–H and O–H groups in total. The van der Waals surface area contributed by atoms with Crippen molar-refractivity contribution in [2.75, 3.05) is 5.75 Å². The first-order valence-corrected chi connectivity index (χ1v) is 4.89. The van der Waals surface area contributed by atoms with Gasteiger partial charge in [0.1, 0.15) is 0 Å². The molecule has 0 amide bonds. The van der Waals surface area contributed by atoms with E-state index in [0.29, 0.717) is 0 Å². The highest BCUT2D eigenvalue weighted by atomic mass is 32.2. The Labute approximate surface area is 62.4 Å². The van der Waals surface area contributed by atoms with E-state index in [4.69, 9.17) is 0 Å². The molecule has 1 rings (SSSR count). The predicted octanol–water partition coefficient (Wildman–Crippen LogP) is 2.89. The lowest BCUT2D eigenvalue weighted by molar-refractivity contribution is 0.821. The summed E-state index contributed by atoms with van der Waals surface area (Å²) in [7, 11) is 0. The molecule has 1 radical (unpaired) electrons. The summed E-state index contributed by atoms with van der Waals surface area (Å²) < 4.78 is 0. The topological polar surface area (TPSA) is 0 Å². The Morgan fingerprint density at radius 3 is 2.67 bits per heavy atom. The Morgan fingerprint density at radius 2 is 2.11 bits per heavy atom. The summed E-state index contributed by atoms with van der Waals surface area (Å²) in [5, 5.41) is 1.05. The smallest absolute Gasteiger partial charge is 0.00478 e. The van der Waals surface area contributed by atoms with Crippen LogP contribution in [0.25, 0.3) is 0 Å². The minimum absolute atomic E-state index is 1.05. The molecule has 0 heterocycles. The number of unbranched alkanes of at least 4 members (excludes halogenated alkanes) is 2. The molecule has 1 saturated carbocycles. The van der Waals surface area contributed by atoms with E-state index in [9.17, 15) is 0 Å². The Bertz CT molecular complexity index is 67.0. The second-order valence-corrected chi connectivity index (χ2v) is 4.04. The van der Waals surface area contributed by atoms with Crippen LogP contribution in [0, 0.1) is 6.92 Å². The first kappa shape index (κ1) is 7.46. The summed E-state index contributed by atoms with van der Waals surface area (Å²) >= 11 is 2.15. The molecule has 0 aromatic heterocycles. The molecular formula is C8H15S. The van der Waals surface area contributed by atoms with Crippen molar-refractivity contribution in [3.05, 3.63) is 6.92 Å². The Balaban J connectivity index is 1.71. The summed E-state index contributed by atoms with van der Waals surface area (Å²) in [6.45, 7) is 3.81. The van der Waals surface area contributed by atoms with Crippen LogP contribution >= 0.6 is 11.8 Å². The molecule has 53 valence electrons. The molecule has 0 aromatic carbocycles. The molecule has 0 aliphatic heterocycles. The van der Waals surface area contributed by atoms with Crippen molar-refractivity contribution >= 4 is 11.8 Å². The molecule has 0 saturated heterocycles. The maximum Gasteiger partial charge on any atom is 0.00478 e. The lowest BCUT2D eigenvalue weighted by Gasteiger charge is -1.95. The molecule has 0 bridgehead atoms. The fraction of sp³-hybridized carbons (Fsp3) is 0.875. The number of hydrogen-bond donors (Lipinski definition) is 0. The van der Waals surface area contributed by atoms with Crippen LogP contribution in [-0.4, -0.2) is 11.0 Å². The fourth-order valence-electron chi connectivity index (χ4n) is 0.764. The maximum absolute atomic E-state index is 3.81. The van der Waals surface area contributed by atoms with Crippen LogP contribution in [0.1, 0.15) is 32.1 Å². The second-order valence-electron chi connectivity index (χ2n) is 2.63. The zero-order valence-corrected chi connectivity index (χ0v) is 6.75. The Kier molecular flexibility index (Phi) is 3.49. The third kappa shape index (κ3) is 3.85. The van der Waals surface area contributed by atoms with Gasteiger partial charge in [-0.15, -0.1) is 0 Å². The van der Waals surface area contributed by atoms with Gasteiger partial charge in [0, 0.05) is 5.25 Å². The van der Waals surface area contributed by atoms with Crippen LogP contribution in [0.4, 0.5) is 0 Å². The Hall–Kier alpha value is 0.350. The minimum atomic E-state index is 1.05.